The fourth-order valence-corrected chi connectivity index (χ4v) is 2.93. The van der Waals surface area contributed by atoms with Crippen LogP contribution in [-0.2, 0) is 20.8 Å². The molecule has 1 aromatic carbocycles. The predicted octanol–water partition coefficient (Wildman–Crippen LogP) is 1.45. The van der Waals surface area contributed by atoms with Crippen LogP contribution in [0.25, 0.3) is 0 Å². The summed E-state index contributed by atoms with van der Waals surface area (Å²) in [5.41, 5.74) is 0.950. The van der Waals surface area contributed by atoms with Crippen LogP contribution in [0.4, 0.5) is 0 Å². The fourth-order valence-electron chi connectivity index (χ4n) is 2.93. The van der Waals surface area contributed by atoms with E-state index in [9.17, 15) is 14.4 Å². The molecule has 2 unspecified atom stereocenters. The molecule has 1 aliphatic rings. The minimum atomic E-state index is -1.03. The number of hydrogen-bond donors (Lipinski definition) is 2. The zero-order valence-corrected chi connectivity index (χ0v) is 13.9. The van der Waals surface area contributed by atoms with Crippen molar-refractivity contribution < 1.29 is 19.5 Å². The number of likely N-dealkylation sites (tertiary alicyclic amines) is 1. The number of carbonyl (C=O) groups is 3. The molecule has 0 saturated carbocycles. The second kappa shape index (κ2) is 8.47. The van der Waals surface area contributed by atoms with Crippen molar-refractivity contribution in [3.05, 3.63) is 35.9 Å². The van der Waals surface area contributed by atoms with Crippen molar-refractivity contribution in [2.24, 2.45) is 5.92 Å². The van der Waals surface area contributed by atoms with Crippen molar-refractivity contribution in [3.63, 3.8) is 0 Å². The smallest absolute Gasteiger partial charge is 0.326 e. The molecule has 2 N–H and O–H groups in total. The maximum atomic E-state index is 12.4. The third-order valence-corrected chi connectivity index (χ3v) is 4.37. The summed E-state index contributed by atoms with van der Waals surface area (Å²) in [6.07, 6.45) is 2.09. The van der Waals surface area contributed by atoms with Crippen LogP contribution in [0.5, 0.6) is 0 Å². The number of amides is 2. The van der Waals surface area contributed by atoms with Crippen LogP contribution in [0.15, 0.2) is 30.3 Å². The molecule has 1 heterocycles. The van der Waals surface area contributed by atoms with E-state index in [0.717, 1.165) is 12.0 Å². The van der Waals surface area contributed by atoms with Crippen LogP contribution in [0.2, 0.25) is 0 Å². The van der Waals surface area contributed by atoms with Gasteiger partial charge < -0.3 is 15.3 Å². The summed E-state index contributed by atoms with van der Waals surface area (Å²) >= 11 is 0. The highest BCUT2D eigenvalue weighted by Crippen LogP contribution is 2.18. The van der Waals surface area contributed by atoms with E-state index in [4.69, 9.17) is 5.11 Å². The van der Waals surface area contributed by atoms with Crippen molar-refractivity contribution in [1.82, 2.24) is 10.2 Å². The summed E-state index contributed by atoms with van der Waals surface area (Å²) in [7, 11) is 0. The van der Waals surface area contributed by atoms with E-state index in [0.29, 0.717) is 32.4 Å². The SMILES string of the molecule is CCC(NC(=O)C1CCCN(C(=O)Cc2ccccc2)C1)C(=O)O. The van der Waals surface area contributed by atoms with Crippen LogP contribution in [0, 0.1) is 5.92 Å². The summed E-state index contributed by atoms with van der Waals surface area (Å²) in [4.78, 5) is 37.5. The van der Waals surface area contributed by atoms with Gasteiger partial charge in [0, 0.05) is 13.1 Å². The fraction of sp³-hybridized carbons (Fsp3) is 0.500. The molecule has 24 heavy (non-hydrogen) atoms. The lowest BCUT2D eigenvalue weighted by atomic mass is 9.96. The number of carbonyl (C=O) groups excluding carboxylic acids is 2. The zero-order valence-electron chi connectivity index (χ0n) is 13.9. The van der Waals surface area contributed by atoms with Gasteiger partial charge >= 0.3 is 5.97 Å². The van der Waals surface area contributed by atoms with Crippen molar-refractivity contribution in [2.75, 3.05) is 13.1 Å². The molecule has 1 aromatic rings. The molecule has 0 bridgehead atoms. The Morgan fingerprint density at radius 3 is 2.62 bits per heavy atom. The van der Waals surface area contributed by atoms with Crippen molar-refractivity contribution in [1.29, 1.82) is 0 Å². The Morgan fingerprint density at radius 2 is 2.00 bits per heavy atom. The maximum absolute atomic E-state index is 12.4. The highest BCUT2D eigenvalue weighted by Gasteiger charge is 2.30. The van der Waals surface area contributed by atoms with E-state index < -0.39 is 12.0 Å². The molecule has 2 amide bonds. The first-order valence-corrected chi connectivity index (χ1v) is 8.36. The van der Waals surface area contributed by atoms with E-state index in [2.05, 4.69) is 5.32 Å². The monoisotopic (exact) mass is 332 g/mol. The molecular weight excluding hydrogens is 308 g/mol. The van der Waals surface area contributed by atoms with Gasteiger partial charge in [0.05, 0.1) is 12.3 Å². The first kappa shape index (κ1) is 18.0. The first-order valence-electron chi connectivity index (χ1n) is 8.36. The summed E-state index contributed by atoms with van der Waals surface area (Å²) in [5, 5.41) is 11.6. The number of aliphatic carboxylic acids is 1. The van der Waals surface area contributed by atoms with Gasteiger partial charge in [-0.1, -0.05) is 37.3 Å². The third kappa shape index (κ3) is 4.81. The minimum absolute atomic E-state index is 0.00368. The van der Waals surface area contributed by atoms with Crippen LogP contribution in [0.1, 0.15) is 31.7 Å². The number of nitrogens with zero attached hydrogens (tertiary/aromatic N) is 1. The van der Waals surface area contributed by atoms with Crippen LogP contribution in [0.3, 0.4) is 0 Å². The summed E-state index contributed by atoms with van der Waals surface area (Å²) in [5.74, 6) is -1.64. The van der Waals surface area contributed by atoms with Gasteiger partial charge in [0.15, 0.2) is 0 Å². The lowest BCUT2D eigenvalue weighted by Crippen LogP contribution is -2.49. The van der Waals surface area contributed by atoms with Crippen molar-refractivity contribution in [3.8, 4) is 0 Å². The molecule has 1 fully saturated rings. The van der Waals surface area contributed by atoms with Crippen LogP contribution >= 0.6 is 0 Å². The number of carboxylic acids is 1. The molecule has 0 aromatic heterocycles. The average molecular weight is 332 g/mol. The Labute approximate surface area is 141 Å². The Bertz CT molecular complexity index is 588. The Kier molecular flexibility index (Phi) is 6.35. The number of benzene rings is 1. The molecule has 0 radical (unpaired) electrons. The minimum Gasteiger partial charge on any atom is -0.480 e. The zero-order chi connectivity index (χ0) is 17.5. The van der Waals surface area contributed by atoms with Gasteiger partial charge in [-0.3, -0.25) is 9.59 Å². The van der Waals surface area contributed by atoms with Crippen LogP contribution in [-0.4, -0.2) is 46.9 Å². The van der Waals surface area contributed by atoms with E-state index in [-0.39, 0.29) is 17.7 Å². The quantitative estimate of drug-likeness (QED) is 0.825. The molecule has 130 valence electrons. The van der Waals surface area contributed by atoms with Gasteiger partial charge in [-0.05, 0) is 24.8 Å². The van der Waals surface area contributed by atoms with Crippen molar-refractivity contribution in [2.45, 2.75) is 38.6 Å². The van der Waals surface area contributed by atoms with Crippen LogP contribution < -0.4 is 5.32 Å². The second-order valence-electron chi connectivity index (χ2n) is 6.15. The molecule has 2 atom stereocenters. The summed E-state index contributed by atoms with van der Waals surface area (Å²) in [6.45, 7) is 2.72. The number of piperidine rings is 1. The molecule has 0 aliphatic carbocycles. The Hall–Kier alpha value is -2.37. The van der Waals surface area contributed by atoms with E-state index in [1.54, 1.807) is 11.8 Å². The molecule has 1 aliphatic heterocycles. The second-order valence-corrected chi connectivity index (χ2v) is 6.15. The normalized spacial score (nSPS) is 18.7. The Morgan fingerprint density at radius 1 is 1.29 bits per heavy atom. The first-order chi connectivity index (χ1) is 11.5. The average Bonchev–Trinajstić information content (AvgIpc) is 2.60. The van der Waals surface area contributed by atoms with Gasteiger partial charge in [0.2, 0.25) is 11.8 Å². The summed E-state index contributed by atoms with van der Waals surface area (Å²) in [6, 6.07) is 8.64. The maximum Gasteiger partial charge on any atom is 0.326 e. The largest absolute Gasteiger partial charge is 0.480 e. The third-order valence-electron chi connectivity index (χ3n) is 4.37. The van der Waals surface area contributed by atoms with Crippen molar-refractivity contribution >= 4 is 17.8 Å². The molecule has 6 nitrogen and oxygen atoms in total. The molecule has 2 rings (SSSR count). The number of hydrogen-bond acceptors (Lipinski definition) is 3. The lowest BCUT2D eigenvalue weighted by molar-refractivity contribution is -0.143. The molecule has 0 spiro atoms. The molecular formula is C18H24N2O4. The number of carboxylic acid groups (broad SMARTS) is 1. The topological polar surface area (TPSA) is 86.7 Å². The lowest BCUT2D eigenvalue weighted by Gasteiger charge is -2.32. The standard InChI is InChI=1S/C18H24N2O4/c1-2-15(18(23)24)19-17(22)14-9-6-10-20(12-14)16(21)11-13-7-4-3-5-8-13/h3-5,7-8,14-15H,2,6,9-12H2,1H3,(H,19,22)(H,23,24). The van der Waals surface area contributed by atoms with E-state index >= 15 is 0 Å². The highest BCUT2D eigenvalue weighted by molar-refractivity contribution is 5.86. The van der Waals surface area contributed by atoms with Gasteiger partial charge in [0.1, 0.15) is 6.04 Å². The van der Waals surface area contributed by atoms with Gasteiger partial charge in [-0.25, -0.2) is 4.79 Å². The van der Waals surface area contributed by atoms with Gasteiger partial charge in [-0.2, -0.15) is 0 Å². The van der Waals surface area contributed by atoms with E-state index in [1.165, 1.54) is 0 Å². The predicted molar refractivity (Wildman–Crippen MR) is 89.3 cm³/mol. The highest BCUT2D eigenvalue weighted by atomic mass is 16.4. The molecule has 1 saturated heterocycles. The van der Waals surface area contributed by atoms with Gasteiger partial charge in [0.25, 0.3) is 0 Å². The Balaban J connectivity index is 1.92. The number of nitrogens with one attached hydrogen (secondary N) is 1. The molecule has 6 heteroatoms. The summed E-state index contributed by atoms with van der Waals surface area (Å²) < 4.78 is 0. The number of rotatable bonds is 6. The van der Waals surface area contributed by atoms with E-state index in [1.807, 2.05) is 30.3 Å². The van der Waals surface area contributed by atoms with Gasteiger partial charge in [-0.15, -0.1) is 0 Å².